The average Bonchev–Trinajstić information content (AvgIpc) is 3.33. The molecule has 26 heavy (non-hydrogen) atoms. The lowest BCUT2D eigenvalue weighted by Crippen LogP contribution is -2.46. The Bertz CT molecular complexity index is 692. The standard InChI is InChI=1S/C21H29N3O2/c1-16(21(25)22-18-11-6-7-12-18)24(2)14-8-13-19-15-20(23-26-19)17-9-4-3-5-10-17/h3-5,9-10,15-16,18H,6-8,11-14H2,1-2H3,(H,22,25). The second-order valence-electron chi connectivity index (χ2n) is 7.29. The van der Waals surface area contributed by atoms with Crippen LogP contribution in [-0.4, -0.2) is 41.6 Å². The summed E-state index contributed by atoms with van der Waals surface area (Å²) < 4.78 is 5.45. The quantitative estimate of drug-likeness (QED) is 0.785. The van der Waals surface area contributed by atoms with Crippen LogP contribution in [0.5, 0.6) is 0 Å². The van der Waals surface area contributed by atoms with Crippen LogP contribution in [0.15, 0.2) is 40.9 Å². The van der Waals surface area contributed by atoms with Gasteiger partial charge in [-0.3, -0.25) is 9.69 Å². The first-order valence-electron chi connectivity index (χ1n) is 9.65. The van der Waals surface area contributed by atoms with Crippen molar-refractivity contribution in [1.29, 1.82) is 0 Å². The van der Waals surface area contributed by atoms with Crippen LogP contribution in [0.4, 0.5) is 0 Å². The van der Waals surface area contributed by atoms with Gasteiger partial charge in [-0.25, -0.2) is 0 Å². The van der Waals surface area contributed by atoms with Crippen molar-refractivity contribution in [2.75, 3.05) is 13.6 Å². The van der Waals surface area contributed by atoms with E-state index in [1.807, 2.05) is 50.4 Å². The SMILES string of the molecule is CC(C(=O)NC1CCCC1)N(C)CCCc1cc(-c2ccccc2)no1. The zero-order valence-electron chi connectivity index (χ0n) is 15.8. The highest BCUT2D eigenvalue weighted by molar-refractivity contribution is 5.81. The van der Waals surface area contributed by atoms with E-state index in [0.717, 1.165) is 49.2 Å². The zero-order chi connectivity index (χ0) is 18.4. The van der Waals surface area contributed by atoms with Gasteiger partial charge in [0.05, 0.1) is 6.04 Å². The minimum Gasteiger partial charge on any atom is -0.361 e. The van der Waals surface area contributed by atoms with E-state index in [1.54, 1.807) is 0 Å². The Morgan fingerprint density at radius 2 is 2.04 bits per heavy atom. The lowest BCUT2D eigenvalue weighted by Gasteiger charge is -2.25. The van der Waals surface area contributed by atoms with Gasteiger partial charge in [0, 0.05) is 24.1 Å². The molecule has 1 atom stereocenters. The monoisotopic (exact) mass is 355 g/mol. The molecule has 1 aromatic heterocycles. The van der Waals surface area contributed by atoms with E-state index in [2.05, 4.69) is 15.4 Å². The number of hydrogen-bond donors (Lipinski definition) is 1. The van der Waals surface area contributed by atoms with Gasteiger partial charge in [0.25, 0.3) is 0 Å². The van der Waals surface area contributed by atoms with Gasteiger partial charge in [-0.05, 0) is 39.8 Å². The molecule has 1 aromatic carbocycles. The van der Waals surface area contributed by atoms with Crippen LogP contribution < -0.4 is 5.32 Å². The minimum atomic E-state index is -0.106. The Hall–Kier alpha value is -2.14. The highest BCUT2D eigenvalue weighted by Gasteiger charge is 2.22. The normalized spacial score (nSPS) is 16.1. The molecular formula is C21H29N3O2. The van der Waals surface area contributed by atoms with Gasteiger partial charge in [0.2, 0.25) is 5.91 Å². The molecule has 2 aromatic rings. The molecule has 1 heterocycles. The Kier molecular flexibility index (Phi) is 6.45. The zero-order valence-corrected chi connectivity index (χ0v) is 15.8. The molecular weight excluding hydrogens is 326 g/mol. The highest BCUT2D eigenvalue weighted by atomic mass is 16.5. The summed E-state index contributed by atoms with van der Waals surface area (Å²) in [6, 6.07) is 12.3. The molecule has 0 bridgehead atoms. The van der Waals surface area contributed by atoms with Crippen molar-refractivity contribution in [2.45, 2.75) is 57.5 Å². The van der Waals surface area contributed by atoms with Crippen molar-refractivity contribution in [2.24, 2.45) is 0 Å². The summed E-state index contributed by atoms with van der Waals surface area (Å²) in [7, 11) is 2.01. The van der Waals surface area contributed by atoms with Gasteiger partial charge in [0.15, 0.2) is 0 Å². The fraction of sp³-hybridized carbons (Fsp3) is 0.524. The summed E-state index contributed by atoms with van der Waals surface area (Å²) in [5.41, 5.74) is 1.94. The Morgan fingerprint density at radius 1 is 1.31 bits per heavy atom. The van der Waals surface area contributed by atoms with Gasteiger partial charge >= 0.3 is 0 Å². The van der Waals surface area contributed by atoms with E-state index in [1.165, 1.54) is 12.8 Å². The van der Waals surface area contributed by atoms with Crippen LogP contribution in [0.25, 0.3) is 11.3 Å². The molecule has 1 amide bonds. The van der Waals surface area contributed by atoms with E-state index in [0.29, 0.717) is 6.04 Å². The molecule has 1 fully saturated rings. The van der Waals surface area contributed by atoms with Crippen LogP contribution >= 0.6 is 0 Å². The van der Waals surface area contributed by atoms with E-state index in [9.17, 15) is 4.79 Å². The van der Waals surface area contributed by atoms with Crippen molar-refractivity contribution >= 4 is 5.91 Å². The van der Waals surface area contributed by atoms with Crippen molar-refractivity contribution in [3.05, 3.63) is 42.2 Å². The summed E-state index contributed by atoms with van der Waals surface area (Å²) in [5.74, 6) is 1.03. The molecule has 1 aliphatic rings. The van der Waals surface area contributed by atoms with Crippen LogP contribution in [0.2, 0.25) is 0 Å². The summed E-state index contributed by atoms with van der Waals surface area (Å²) in [4.78, 5) is 14.5. The largest absolute Gasteiger partial charge is 0.361 e. The maximum Gasteiger partial charge on any atom is 0.237 e. The van der Waals surface area contributed by atoms with Crippen molar-refractivity contribution in [1.82, 2.24) is 15.4 Å². The Balaban J connectivity index is 1.42. The van der Waals surface area contributed by atoms with E-state index >= 15 is 0 Å². The number of hydrogen-bond acceptors (Lipinski definition) is 4. The Labute approximate surface area is 155 Å². The number of likely N-dealkylation sites (N-methyl/N-ethyl adjacent to an activating group) is 1. The predicted molar refractivity (Wildman–Crippen MR) is 103 cm³/mol. The van der Waals surface area contributed by atoms with Crippen LogP contribution in [-0.2, 0) is 11.2 Å². The molecule has 5 nitrogen and oxygen atoms in total. The number of benzene rings is 1. The lowest BCUT2D eigenvalue weighted by atomic mass is 10.1. The number of amides is 1. The van der Waals surface area contributed by atoms with E-state index < -0.39 is 0 Å². The number of carbonyl (C=O) groups is 1. The molecule has 1 unspecified atom stereocenters. The van der Waals surface area contributed by atoms with Crippen LogP contribution in [0.3, 0.4) is 0 Å². The number of aryl methyl sites for hydroxylation is 1. The molecule has 3 rings (SSSR count). The third-order valence-electron chi connectivity index (χ3n) is 5.30. The second-order valence-corrected chi connectivity index (χ2v) is 7.29. The third kappa shape index (κ3) is 4.94. The maximum absolute atomic E-state index is 12.4. The topological polar surface area (TPSA) is 58.4 Å². The summed E-state index contributed by atoms with van der Waals surface area (Å²) in [5, 5.41) is 7.33. The van der Waals surface area contributed by atoms with Crippen LogP contribution in [0.1, 0.15) is 44.8 Å². The molecule has 140 valence electrons. The van der Waals surface area contributed by atoms with Gasteiger partial charge in [-0.2, -0.15) is 0 Å². The summed E-state index contributed by atoms with van der Waals surface area (Å²) >= 11 is 0. The fourth-order valence-corrected chi connectivity index (χ4v) is 3.46. The van der Waals surface area contributed by atoms with Crippen molar-refractivity contribution in [3.8, 4) is 11.3 Å². The van der Waals surface area contributed by atoms with Crippen molar-refractivity contribution < 1.29 is 9.32 Å². The van der Waals surface area contributed by atoms with Gasteiger partial charge in [0.1, 0.15) is 11.5 Å². The van der Waals surface area contributed by atoms with E-state index in [-0.39, 0.29) is 11.9 Å². The first-order chi connectivity index (χ1) is 12.6. The maximum atomic E-state index is 12.4. The first kappa shape index (κ1) is 18.6. The summed E-state index contributed by atoms with van der Waals surface area (Å²) in [6.45, 7) is 2.83. The van der Waals surface area contributed by atoms with Gasteiger partial charge < -0.3 is 9.84 Å². The summed E-state index contributed by atoms with van der Waals surface area (Å²) in [6.07, 6.45) is 6.46. The number of nitrogens with one attached hydrogen (secondary N) is 1. The number of carbonyl (C=O) groups excluding carboxylic acids is 1. The molecule has 0 spiro atoms. The molecule has 0 aliphatic heterocycles. The van der Waals surface area contributed by atoms with Crippen molar-refractivity contribution in [3.63, 3.8) is 0 Å². The predicted octanol–water partition coefficient (Wildman–Crippen LogP) is 3.65. The molecule has 0 radical (unpaired) electrons. The fourth-order valence-electron chi connectivity index (χ4n) is 3.46. The highest BCUT2D eigenvalue weighted by Crippen LogP contribution is 2.20. The Morgan fingerprint density at radius 3 is 2.77 bits per heavy atom. The van der Waals surface area contributed by atoms with Gasteiger partial charge in [-0.15, -0.1) is 0 Å². The molecule has 5 heteroatoms. The second kappa shape index (κ2) is 8.99. The van der Waals surface area contributed by atoms with Crippen LogP contribution in [0, 0.1) is 0 Å². The molecule has 0 saturated heterocycles. The molecule has 1 saturated carbocycles. The van der Waals surface area contributed by atoms with E-state index in [4.69, 9.17) is 4.52 Å². The first-order valence-corrected chi connectivity index (χ1v) is 9.65. The lowest BCUT2D eigenvalue weighted by molar-refractivity contribution is -0.126. The minimum absolute atomic E-state index is 0.106. The average molecular weight is 355 g/mol. The van der Waals surface area contributed by atoms with Gasteiger partial charge in [-0.1, -0.05) is 48.3 Å². The molecule has 1 aliphatic carbocycles. The number of nitrogens with zero attached hydrogens (tertiary/aromatic N) is 2. The number of rotatable bonds is 8. The third-order valence-corrected chi connectivity index (χ3v) is 5.30. The molecule has 1 N–H and O–H groups in total. The number of aromatic nitrogens is 1. The smallest absolute Gasteiger partial charge is 0.237 e.